The van der Waals surface area contributed by atoms with Crippen LogP contribution in [0.15, 0.2) is 24.3 Å². The van der Waals surface area contributed by atoms with Gasteiger partial charge in [-0.25, -0.2) is 4.98 Å². The lowest BCUT2D eigenvalue weighted by Gasteiger charge is -2.10. The molecule has 19 heavy (non-hydrogen) atoms. The van der Waals surface area contributed by atoms with Crippen LogP contribution in [-0.4, -0.2) is 16.2 Å². The van der Waals surface area contributed by atoms with Crippen LogP contribution in [0.2, 0.25) is 0 Å². The SMILES string of the molecule is CC1(C)C(C(O)Cc2nc3ccccc3s2)C1(C)C. The van der Waals surface area contributed by atoms with E-state index in [2.05, 4.69) is 38.7 Å². The quantitative estimate of drug-likeness (QED) is 0.922. The molecule has 1 saturated carbocycles. The predicted molar refractivity (Wildman–Crippen MR) is 80.4 cm³/mol. The van der Waals surface area contributed by atoms with E-state index in [1.54, 1.807) is 11.3 Å². The van der Waals surface area contributed by atoms with Crippen molar-refractivity contribution in [1.29, 1.82) is 0 Å². The molecule has 2 aromatic rings. The Balaban J connectivity index is 1.79. The Hall–Kier alpha value is -0.930. The molecule has 1 aliphatic carbocycles. The van der Waals surface area contributed by atoms with Crippen molar-refractivity contribution in [2.45, 2.75) is 40.2 Å². The summed E-state index contributed by atoms with van der Waals surface area (Å²) in [6, 6.07) is 8.17. The van der Waals surface area contributed by atoms with E-state index in [0.29, 0.717) is 12.3 Å². The minimum absolute atomic E-state index is 0.225. The Morgan fingerprint density at radius 1 is 1.21 bits per heavy atom. The van der Waals surface area contributed by atoms with Gasteiger partial charge in [0.25, 0.3) is 0 Å². The molecule has 102 valence electrons. The fourth-order valence-electron chi connectivity index (χ4n) is 3.51. The summed E-state index contributed by atoms with van der Waals surface area (Å²) < 4.78 is 1.21. The predicted octanol–water partition coefficient (Wildman–Crippen LogP) is 3.88. The zero-order valence-corrected chi connectivity index (χ0v) is 12.8. The molecule has 1 heterocycles. The van der Waals surface area contributed by atoms with Crippen molar-refractivity contribution >= 4 is 21.6 Å². The summed E-state index contributed by atoms with van der Waals surface area (Å²) in [5.74, 6) is 0.368. The maximum atomic E-state index is 10.5. The van der Waals surface area contributed by atoms with E-state index < -0.39 is 0 Å². The van der Waals surface area contributed by atoms with E-state index in [0.717, 1.165) is 10.5 Å². The first-order valence-corrected chi connectivity index (χ1v) is 7.68. The highest BCUT2D eigenvalue weighted by Gasteiger charge is 2.66. The number of nitrogens with zero attached hydrogens (tertiary/aromatic N) is 1. The van der Waals surface area contributed by atoms with Gasteiger partial charge in [0.1, 0.15) is 0 Å². The molecule has 3 heteroatoms. The number of aliphatic hydroxyl groups is 1. The second kappa shape index (κ2) is 4.03. The van der Waals surface area contributed by atoms with E-state index in [-0.39, 0.29) is 16.9 Å². The van der Waals surface area contributed by atoms with Crippen LogP contribution in [0.3, 0.4) is 0 Å². The standard InChI is InChI=1S/C16H21NOS/c1-15(2)14(16(15,3)4)11(18)9-13-17-10-7-5-6-8-12(10)19-13/h5-8,11,14,18H,9H2,1-4H3. The average molecular weight is 275 g/mol. The fraction of sp³-hybridized carbons (Fsp3) is 0.562. The molecule has 0 radical (unpaired) electrons. The van der Waals surface area contributed by atoms with Crippen LogP contribution in [0.25, 0.3) is 10.2 Å². The van der Waals surface area contributed by atoms with Crippen LogP contribution in [0.1, 0.15) is 32.7 Å². The molecule has 0 spiro atoms. The van der Waals surface area contributed by atoms with Gasteiger partial charge in [0, 0.05) is 6.42 Å². The van der Waals surface area contributed by atoms with E-state index in [9.17, 15) is 5.11 Å². The Morgan fingerprint density at radius 3 is 2.42 bits per heavy atom. The smallest absolute Gasteiger partial charge is 0.0964 e. The van der Waals surface area contributed by atoms with Gasteiger partial charge in [-0.1, -0.05) is 39.8 Å². The van der Waals surface area contributed by atoms with Gasteiger partial charge in [0.05, 0.1) is 21.3 Å². The lowest BCUT2D eigenvalue weighted by Crippen LogP contribution is -2.17. The molecule has 0 saturated heterocycles. The molecule has 1 N–H and O–H groups in total. The van der Waals surface area contributed by atoms with Crippen molar-refractivity contribution in [2.75, 3.05) is 0 Å². The molecule has 1 atom stereocenters. The van der Waals surface area contributed by atoms with Crippen LogP contribution in [0, 0.1) is 16.7 Å². The second-order valence-electron chi connectivity index (χ2n) is 6.77. The van der Waals surface area contributed by atoms with Crippen LogP contribution < -0.4 is 0 Å². The highest BCUT2D eigenvalue weighted by Crippen LogP contribution is 2.69. The molecule has 1 aromatic heterocycles. The lowest BCUT2D eigenvalue weighted by molar-refractivity contribution is 0.129. The van der Waals surface area contributed by atoms with Gasteiger partial charge in [-0.05, 0) is 28.9 Å². The Kier molecular flexibility index (Phi) is 2.77. The molecule has 1 fully saturated rings. The number of rotatable bonds is 3. The van der Waals surface area contributed by atoms with Gasteiger partial charge in [0.15, 0.2) is 0 Å². The summed E-state index contributed by atoms with van der Waals surface area (Å²) in [5.41, 5.74) is 1.50. The maximum Gasteiger partial charge on any atom is 0.0964 e. The Bertz CT molecular complexity index is 567. The molecular weight excluding hydrogens is 254 g/mol. The van der Waals surface area contributed by atoms with Crippen LogP contribution in [0.5, 0.6) is 0 Å². The minimum Gasteiger partial charge on any atom is -0.392 e. The first kappa shape index (κ1) is 13.1. The molecule has 0 aliphatic heterocycles. The van der Waals surface area contributed by atoms with Crippen molar-refractivity contribution in [1.82, 2.24) is 4.98 Å². The Morgan fingerprint density at radius 2 is 1.84 bits per heavy atom. The highest BCUT2D eigenvalue weighted by atomic mass is 32.1. The summed E-state index contributed by atoms with van der Waals surface area (Å²) in [5, 5.41) is 11.6. The number of benzene rings is 1. The third kappa shape index (κ3) is 1.91. The number of hydrogen-bond donors (Lipinski definition) is 1. The summed E-state index contributed by atoms with van der Waals surface area (Å²) in [7, 11) is 0. The van der Waals surface area contributed by atoms with Gasteiger partial charge in [-0.15, -0.1) is 11.3 Å². The first-order chi connectivity index (χ1) is 8.84. The topological polar surface area (TPSA) is 33.1 Å². The molecule has 0 amide bonds. The number of aromatic nitrogens is 1. The fourth-order valence-corrected chi connectivity index (χ4v) is 4.53. The first-order valence-electron chi connectivity index (χ1n) is 6.86. The second-order valence-corrected chi connectivity index (χ2v) is 7.88. The number of aliphatic hydroxyl groups excluding tert-OH is 1. The summed E-state index contributed by atoms with van der Waals surface area (Å²) in [4.78, 5) is 4.62. The monoisotopic (exact) mass is 275 g/mol. The van der Waals surface area contributed by atoms with Gasteiger partial charge in [0.2, 0.25) is 0 Å². The summed E-state index contributed by atoms with van der Waals surface area (Å²) in [6.45, 7) is 9.00. The molecule has 0 bridgehead atoms. The molecular formula is C16H21NOS. The summed E-state index contributed by atoms with van der Waals surface area (Å²) in [6.07, 6.45) is 0.391. The minimum atomic E-state index is -0.287. The number of hydrogen-bond acceptors (Lipinski definition) is 3. The largest absolute Gasteiger partial charge is 0.392 e. The van der Waals surface area contributed by atoms with Crippen molar-refractivity contribution in [2.24, 2.45) is 16.7 Å². The third-order valence-electron chi connectivity index (χ3n) is 5.24. The van der Waals surface area contributed by atoms with Crippen molar-refractivity contribution < 1.29 is 5.11 Å². The van der Waals surface area contributed by atoms with E-state index in [1.165, 1.54) is 4.70 Å². The van der Waals surface area contributed by atoms with Gasteiger partial charge in [-0.2, -0.15) is 0 Å². The van der Waals surface area contributed by atoms with Gasteiger partial charge < -0.3 is 5.11 Å². The third-order valence-corrected chi connectivity index (χ3v) is 6.30. The average Bonchev–Trinajstić information content (AvgIpc) is 2.61. The molecule has 3 rings (SSSR count). The van der Waals surface area contributed by atoms with Crippen molar-refractivity contribution in [3.05, 3.63) is 29.3 Å². The number of fused-ring (bicyclic) bond motifs is 1. The Labute approximate surface area is 118 Å². The van der Waals surface area contributed by atoms with Crippen LogP contribution in [0.4, 0.5) is 0 Å². The normalized spacial score (nSPS) is 22.6. The van der Waals surface area contributed by atoms with E-state index in [1.807, 2.05) is 18.2 Å². The number of thiazole rings is 1. The van der Waals surface area contributed by atoms with Gasteiger partial charge in [-0.3, -0.25) is 0 Å². The molecule has 1 aliphatic rings. The summed E-state index contributed by atoms with van der Waals surface area (Å²) >= 11 is 1.70. The van der Waals surface area contributed by atoms with E-state index >= 15 is 0 Å². The highest BCUT2D eigenvalue weighted by molar-refractivity contribution is 7.18. The molecule has 1 unspecified atom stereocenters. The van der Waals surface area contributed by atoms with Crippen molar-refractivity contribution in [3.63, 3.8) is 0 Å². The van der Waals surface area contributed by atoms with Crippen molar-refractivity contribution in [3.8, 4) is 0 Å². The lowest BCUT2D eigenvalue weighted by atomic mass is 10.0. The van der Waals surface area contributed by atoms with Crippen LogP contribution >= 0.6 is 11.3 Å². The zero-order chi connectivity index (χ0) is 13.8. The van der Waals surface area contributed by atoms with Gasteiger partial charge >= 0.3 is 0 Å². The number of para-hydroxylation sites is 1. The zero-order valence-electron chi connectivity index (χ0n) is 12.0. The van der Waals surface area contributed by atoms with E-state index in [4.69, 9.17) is 0 Å². The van der Waals surface area contributed by atoms with Crippen LogP contribution in [-0.2, 0) is 6.42 Å². The molecule has 2 nitrogen and oxygen atoms in total. The maximum absolute atomic E-state index is 10.5. The molecule has 1 aromatic carbocycles.